The highest BCUT2D eigenvalue weighted by molar-refractivity contribution is 5.85. The Kier molecular flexibility index (Phi) is 5.06. The van der Waals surface area contributed by atoms with Crippen molar-refractivity contribution in [3.05, 3.63) is 0 Å². The molecule has 0 amide bonds. The Morgan fingerprint density at radius 1 is 1.27 bits per heavy atom. The third-order valence-corrected chi connectivity index (χ3v) is 2.64. The van der Waals surface area contributed by atoms with E-state index >= 15 is 0 Å². The Bertz CT molecular complexity index is 96.3. The SMILES string of the molecule is CNC1(CO)CCCCC1.Cl. The first-order valence-corrected chi connectivity index (χ1v) is 4.13. The normalized spacial score (nSPS) is 22.4. The van der Waals surface area contributed by atoms with Crippen LogP contribution in [0.25, 0.3) is 0 Å². The Morgan fingerprint density at radius 3 is 2.09 bits per heavy atom. The maximum atomic E-state index is 9.08. The number of hydrogen-bond donors (Lipinski definition) is 2. The van der Waals surface area contributed by atoms with Crippen LogP contribution in [0.1, 0.15) is 32.1 Å². The lowest BCUT2D eigenvalue weighted by atomic mass is 9.82. The lowest BCUT2D eigenvalue weighted by Crippen LogP contribution is -2.47. The lowest BCUT2D eigenvalue weighted by Gasteiger charge is -2.35. The number of likely N-dealkylation sites (N-methyl/N-ethyl adjacent to an activating group) is 1. The zero-order chi connectivity index (χ0) is 7.45. The fourth-order valence-corrected chi connectivity index (χ4v) is 1.72. The molecular weight excluding hydrogens is 162 g/mol. The molecule has 0 aromatic heterocycles. The van der Waals surface area contributed by atoms with Crippen LogP contribution in [0.15, 0.2) is 0 Å². The Morgan fingerprint density at radius 2 is 1.82 bits per heavy atom. The molecule has 0 radical (unpaired) electrons. The molecule has 0 atom stereocenters. The molecule has 68 valence electrons. The van der Waals surface area contributed by atoms with Gasteiger partial charge in [-0.25, -0.2) is 0 Å². The number of aliphatic hydroxyl groups is 1. The van der Waals surface area contributed by atoms with E-state index in [1.807, 2.05) is 7.05 Å². The van der Waals surface area contributed by atoms with Crippen LogP contribution in [0.4, 0.5) is 0 Å². The standard InChI is InChI=1S/C8H17NO.ClH/c1-9-8(7-10)5-3-2-4-6-8;/h9-10H,2-7H2,1H3;1H. The van der Waals surface area contributed by atoms with Crippen LogP contribution in [0, 0.1) is 0 Å². The van der Waals surface area contributed by atoms with Gasteiger partial charge in [0, 0.05) is 5.54 Å². The van der Waals surface area contributed by atoms with Gasteiger partial charge in [0.1, 0.15) is 0 Å². The maximum absolute atomic E-state index is 9.08. The summed E-state index contributed by atoms with van der Waals surface area (Å²) in [4.78, 5) is 0. The van der Waals surface area contributed by atoms with E-state index in [0.717, 1.165) is 12.8 Å². The predicted molar refractivity (Wildman–Crippen MR) is 49.2 cm³/mol. The topological polar surface area (TPSA) is 32.3 Å². The van der Waals surface area contributed by atoms with Crippen LogP contribution in [-0.4, -0.2) is 24.3 Å². The summed E-state index contributed by atoms with van der Waals surface area (Å²) in [7, 11) is 1.95. The van der Waals surface area contributed by atoms with Crippen molar-refractivity contribution in [1.29, 1.82) is 0 Å². The number of halogens is 1. The van der Waals surface area contributed by atoms with Crippen LogP contribution in [0.2, 0.25) is 0 Å². The van der Waals surface area contributed by atoms with Crippen molar-refractivity contribution in [3.63, 3.8) is 0 Å². The average Bonchev–Trinajstić information content (AvgIpc) is 2.06. The second-order valence-electron chi connectivity index (χ2n) is 3.25. The molecule has 0 spiro atoms. The molecule has 0 saturated heterocycles. The fraction of sp³-hybridized carbons (Fsp3) is 1.00. The number of nitrogens with one attached hydrogen (secondary N) is 1. The van der Waals surface area contributed by atoms with Crippen LogP contribution in [-0.2, 0) is 0 Å². The fourth-order valence-electron chi connectivity index (χ4n) is 1.72. The van der Waals surface area contributed by atoms with E-state index in [-0.39, 0.29) is 17.9 Å². The molecule has 1 rings (SSSR count). The van der Waals surface area contributed by atoms with Gasteiger partial charge in [0.25, 0.3) is 0 Å². The summed E-state index contributed by atoms with van der Waals surface area (Å²) in [6.07, 6.45) is 6.15. The number of rotatable bonds is 2. The van der Waals surface area contributed by atoms with Gasteiger partial charge in [0.15, 0.2) is 0 Å². The van der Waals surface area contributed by atoms with Gasteiger partial charge in [-0.2, -0.15) is 0 Å². The Balaban J connectivity index is 0.000001000. The maximum Gasteiger partial charge on any atom is 0.0613 e. The van der Waals surface area contributed by atoms with Crippen LogP contribution in [0.3, 0.4) is 0 Å². The van der Waals surface area contributed by atoms with Gasteiger partial charge >= 0.3 is 0 Å². The smallest absolute Gasteiger partial charge is 0.0613 e. The molecule has 2 nitrogen and oxygen atoms in total. The van der Waals surface area contributed by atoms with Crippen LogP contribution < -0.4 is 5.32 Å². The van der Waals surface area contributed by atoms with Crippen molar-refractivity contribution in [1.82, 2.24) is 5.32 Å². The van der Waals surface area contributed by atoms with E-state index in [1.54, 1.807) is 0 Å². The summed E-state index contributed by atoms with van der Waals surface area (Å²) in [5, 5.41) is 12.3. The second-order valence-corrected chi connectivity index (χ2v) is 3.25. The third kappa shape index (κ3) is 2.62. The minimum Gasteiger partial charge on any atom is -0.394 e. The van der Waals surface area contributed by atoms with Crippen molar-refractivity contribution >= 4 is 12.4 Å². The monoisotopic (exact) mass is 179 g/mol. The largest absolute Gasteiger partial charge is 0.394 e. The molecule has 1 aliphatic carbocycles. The van der Waals surface area contributed by atoms with Gasteiger partial charge in [-0.15, -0.1) is 12.4 Å². The van der Waals surface area contributed by atoms with Crippen LogP contribution >= 0.6 is 12.4 Å². The summed E-state index contributed by atoms with van der Waals surface area (Å²) in [6, 6.07) is 0. The van der Waals surface area contributed by atoms with Crippen molar-refractivity contribution in [2.24, 2.45) is 0 Å². The van der Waals surface area contributed by atoms with E-state index in [4.69, 9.17) is 5.11 Å². The van der Waals surface area contributed by atoms with E-state index in [2.05, 4.69) is 5.32 Å². The predicted octanol–water partition coefficient (Wildman–Crippen LogP) is 1.32. The highest BCUT2D eigenvalue weighted by Gasteiger charge is 2.28. The molecule has 1 saturated carbocycles. The Hall–Kier alpha value is 0.210. The third-order valence-electron chi connectivity index (χ3n) is 2.64. The first kappa shape index (κ1) is 11.2. The van der Waals surface area contributed by atoms with Crippen molar-refractivity contribution in [3.8, 4) is 0 Å². The molecule has 0 aliphatic heterocycles. The van der Waals surface area contributed by atoms with Crippen molar-refractivity contribution in [2.45, 2.75) is 37.6 Å². The lowest BCUT2D eigenvalue weighted by molar-refractivity contribution is 0.129. The molecule has 11 heavy (non-hydrogen) atoms. The van der Waals surface area contributed by atoms with E-state index in [0.29, 0.717) is 6.61 Å². The molecule has 0 heterocycles. The molecule has 1 fully saturated rings. The van der Waals surface area contributed by atoms with E-state index in [9.17, 15) is 0 Å². The van der Waals surface area contributed by atoms with Gasteiger partial charge < -0.3 is 10.4 Å². The summed E-state index contributed by atoms with van der Waals surface area (Å²) < 4.78 is 0. The summed E-state index contributed by atoms with van der Waals surface area (Å²) in [5.41, 5.74) is 0.0677. The number of hydrogen-bond acceptors (Lipinski definition) is 2. The zero-order valence-corrected chi connectivity index (χ0v) is 7.91. The first-order valence-electron chi connectivity index (χ1n) is 4.13. The zero-order valence-electron chi connectivity index (χ0n) is 7.10. The summed E-state index contributed by atoms with van der Waals surface area (Å²) in [5.74, 6) is 0. The minimum absolute atomic E-state index is 0. The molecular formula is C8H18ClNO. The molecule has 0 aromatic carbocycles. The van der Waals surface area contributed by atoms with Gasteiger partial charge in [-0.1, -0.05) is 19.3 Å². The highest BCUT2D eigenvalue weighted by Crippen LogP contribution is 2.26. The molecule has 3 heteroatoms. The van der Waals surface area contributed by atoms with Crippen LogP contribution in [0.5, 0.6) is 0 Å². The van der Waals surface area contributed by atoms with Gasteiger partial charge in [-0.3, -0.25) is 0 Å². The van der Waals surface area contributed by atoms with Gasteiger partial charge in [0.05, 0.1) is 6.61 Å². The van der Waals surface area contributed by atoms with Gasteiger partial charge in [0.2, 0.25) is 0 Å². The van der Waals surface area contributed by atoms with Crippen molar-refractivity contribution < 1.29 is 5.11 Å². The average molecular weight is 180 g/mol. The van der Waals surface area contributed by atoms with E-state index < -0.39 is 0 Å². The molecule has 0 unspecified atom stereocenters. The number of aliphatic hydroxyl groups excluding tert-OH is 1. The van der Waals surface area contributed by atoms with Gasteiger partial charge in [-0.05, 0) is 19.9 Å². The second kappa shape index (κ2) is 4.96. The van der Waals surface area contributed by atoms with E-state index in [1.165, 1.54) is 19.3 Å². The summed E-state index contributed by atoms with van der Waals surface area (Å²) in [6.45, 7) is 0.295. The Labute approximate surface area is 74.8 Å². The van der Waals surface area contributed by atoms with Crippen molar-refractivity contribution in [2.75, 3.05) is 13.7 Å². The quantitative estimate of drug-likeness (QED) is 0.671. The minimum atomic E-state index is 0. The first-order chi connectivity index (χ1) is 4.83. The molecule has 1 aliphatic rings. The molecule has 0 aromatic rings. The molecule has 0 bridgehead atoms. The summed E-state index contributed by atoms with van der Waals surface area (Å²) >= 11 is 0. The molecule has 2 N–H and O–H groups in total. The highest BCUT2D eigenvalue weighted by atomic mass is 35.5.